The molecule has 1 N–H and O–H groups in total. The summed E-state index contributed by atoms with van der Waals surface area (Å²) in [4.78, 5) is 0. The molecule has 0 bridgehead atoms. The molecule has 198 valence electrons. The van der Waals surface area contributed by atoms with Gasteiger partial charge in [-0.1, -0.05) is 101 Å². The van der Waals surface area contributed by atoms with Crippen molar-refractivity contribution in [3.63, 3.8) is 0 Å². The molecule has 2 aliphatic rings. The average molecular weight is 507 g/mol. The van der Waals surface area contributed by atoms with Crippen molar-refractivity contribution in [2.75, 3.05) is 13.2 Å². The first kappa shape index (κ1) is 27.5. The van der Waals surface area contributed by atoms with Crippen LogP contribution in [0.3, 0.4) is 0 Å². The van der Waals surface area contributed by atoms with E-state index < -0.39 is 8.07 Å². The lowest BCUT2D eigenvalue weighted by Crippen LogP contribution is -2.36. The van der Waals surface area contributed by atoms with E-state index in [-0.39, 0.29) is 6.61 Å². The molecule has 0 unspecified atom stereocenters. The fourth-order valence-corrected chi connectivity index (χ4v) is 10.6. The molecule has 4 rings (SSSR count). The van der Waals surface area contributed by atoms with Crippen molar-refractivity contribution >= 4 is 8.07 Å². The van der Waals surface area contributed by atoms with Gasteiger partial charge in [0.25, 0.3) is 0 Å². The fraction of sp³-hybridized carbons (Fsp3) is 0.636. The SMILES string of the molecule is CCCC[Si](C)(C)C1CCC(C2CCC(c3ccc(-c4ccc(OCCCO)cc4)cc3)CC2)CC1. The van der Waals surface area contributed by atoms with E-state index >= 15 is 0 Å². The summed E-state index contributed by atoms with van der Waals surface area (Å²) < 4.78 is 5.66. The maximum Gasteiger partial charge on any atom is 0.119 e. The molecule has 0 radical (unpaired) electrons. The Bertz CT molecular complexity index is 888. The van der Waals surface area contributed by atoms with Gasteiger partial charge in [0.05, 0.1) is 14.7 Å². The lowest BCUT2D eigenvalue weighted by Gasteiger charge is -2.42. The zero-order chi connectivity index (χ0) is 25.4. The second kappa shape index (κ2) is 13.3. The van der Waals surface area contributed by atoms with Gasteiger partial charge >= 0.3 is 0 Å². The second-order valence-corrected chi connectivity index (χ2v) is 17.7. The molecule has 2 aromatic carbocycles. The number of unbranched alkanes of at least 4 members (excludes halogenated alkanes) is 1. The first-order valence-electron chi connectivity index (χ1n) is 14.9. The van der Waals surface area contributed by atoms with Crippen LogP contribution in [0.1, 0.15) is 89.0 Å². The zero-order valence-electron chi connectivity index (χ0n) is 23.2. The van der Waals surface area contributed by atoms with Crippen LogP contribution in [-0.2, 0) is 0 Å². The number of hydrogen-bond acceptors (Lipinski definition) is 2. The molecule has 2 aromatic rings. The van der Waals surface area contributed by atoms with Gasteiger partial charge in [0.2, 0.25) is 0 Å². The fourth-order valence-electron chi connectivity index (χ4n) is 7.08. The van der Waals surface area contributed by atoms with E-state index in [0.29, 0.717) is 13.0 Å². The van der Waals surface area contributed by atoms with Crippen molar-refractivity contribution in [1.82, 2.24) is 0 Å². The Hall–Kier alpha value is -1.58. The van der Waals surface area contributed by atoms with E-state index in [0.717, 1.165) is 29.0 Å². The van der Waals surface area contributed by atoms with Gasteiger partial charge in [-0.3, -0.25) is 0 Å². The van der Waals surface area contributed by atoms with E-state index in [2.05, 4.69) is 56.4 Å². The number of aliphatic hydroxyl groups excluding tert-OH is 1. The highest BCUT2D eigenvalue weighted by Gasteiger charge is 2.37. The quantitative estimate of drug-likeness (QED) is 0.243. The summed E-state index contributed by atoms with van der Waals surface area (Å²) in [6.07, 6.45) is 15.2. The molecule has 0 amide bonds. The van der Waals surface area contributed by atoms with Crippen molar-refractivity contribution in [2.45, 2.75) is 108 Å². The first-order valence-corrected chi connectivity index (χ1v) is 18.2. The standard InChI is InChI=1S/C33H50O2Si/c1-4-5-25-36(2,3)33-21-17-31(18-22-33)29-13-9-27(10-14-29)26-7-11-28(12-8-26)30-15-19-32(20-16-30)35-24-6-23-34/h7-8,11-12,15-16,19-20,27,29,31,33-34H,4-6,9-10,13-14,17-18,21-25H2,1-3H3. The summed E-state index contributed by atoms with van der Waals surface area (Å²) in [7, 11) is -1.01. The molecule has 0 spiro atoms. The first-order chi connectivity index (χ1) is 17.5. The van der Waals surface area contributed by atoms with Crippen LogP contribution in [0.25, 0.3) is 11.1 Å². The second-order valence-electron chi connectivity index (χ2n) is 12.4. The van der Waals surface area contributed by atoms with Gasteiger partial charge in [-0.05, 0) is 77.8 Å². The average Bonchev–Trinajstić information content (AvgIpc) is 2.93. The zero-order valence-corrected chi connectivity index (χ0v) is 24.2. The smallest absolute Gasteiger partial charge is 0.119 e. The van der Waals surface area contributed by atoms with Crippen molar-refractivity contribution in [2.24, 2.45) is 11.8 Å². The van der Waals surface area contributed by atoms with Gasteiger partial charge in [0.15, 0.2) is 0 Å². The van der Waals surface area contributed by atoms with E-state index in [1.165, 1.54) is 80.9 Å². The summed E-state index contributed by atoms with van der Waals surface area (Å²) in [5.74, 6) is 3.61. The Balaban J connectivity index is 1.24. The van der Waals surface area contributed by atoms with Gasteiger partial charge in [0.1, 0.15) is 5.75 Å². The monoisotopic (exact) mass is 506 g/mol. The molecule has 2 aliphatic carbocycles. The van der Waals surface area contributed by atoms with Crippen molar-refractivity contribution in [1.29, 1.82) is 0 Å². The van der Waals surface area contributed by atoms with Crippen LogP contribution in [0.15, 0.2) is 48.5 Å². The maximum absolute atomic E-state index is 8.90. The van der Waals surface area contributed by atoms with Gasteiger partial charge in [-0.2, -0.15) is 0 Å². The Morgan fingerprint density at radius 1 is 0.750 bits per heavy atom. The molecule has 2 saturated carbocycles. The van der Waals surface area contributed by atoms with E-state index in [4.69, 9.17) is 9.84 Å². The van der Waals surface area contributed by atoms with Crippen LogP contribution < -0.4 is 4.74 Å². The highest BCUT2D eigenvalue weighted by Crippen LogP contribution is 2.48. The molecule has 2 fully saturated rings. The predicted octanol–water partition coefficient (Wildman–Crippen LogP) is 9.46. The summed E-state index contributed by atoms with van der Waals surface area (Å²) in [5, 5.41) is 8.90. The van der Waals surface area contributed by atoms with Crippen molar-refractivity contribution in [3.8, 4) is 16.9 Å². The molecule has 3 heteroatoms. The lowest BCUT2D eigenvalue weighted by molar-refractivity contribution is 0.184. The lowest BCUT2D eigenvalue weighted by atomic mass is 9.70. The van der Waals surface area contributed by atoms with Gasteiger partial charge in [-0.15, -0.1) is 0 Å². The highest BCUT2D eigenvalue weighted by molar-refractivity contribution is 6.78. The van der Waals surface area contributed by atoms with Crippen LogP contribution >= 0.6 is 0 Å². The molecular formula is C33H50O2Si. The Labute approximate surface area is 221 Å². The maximum atomic E-state index is 8.90. The molecule has 0 atom stereocenters. The van der Waals surface area contributed by atoms with E-state index in [9.17, 15) is 0 Å². The third-order valence-corrected chi connectivity index (χ3v) is 14.1. The number of ether oxygens (including phenoxy) is 1. The highest BCUT2D eigenvalue weighted by atomic mass is 28.3. The largest absolute Gasteiger partial charge is 0.494 e. The number of benzene rings is 2. The third-order valence-electron chi connectivity index (χ3n) is 9.63. The van der Waals surface area contributed by atoms with E-state index in [1.54, 1.807) is 6.04 Å². The summed E-state index contributed by atoms with van der Waals surface area (Å²) in [6.45, 7) is 8.44. The Kier molecular flexibility index (Phi) is 10.1. The van der Waals surface area contributed by atoms with Crippen LogP contribution in [-0.4, -0.2) is 26.4 Å². The van der Waals surface area contributed by atoms with E-state index in [1.807, 2.05) is 12.1 Å². The minimum atomic E-state index is -1.01. The topological polar surface area (TPSA) is 29.5 Å². The van der Waals surface area contributed by atoms with Crippen LogP contribution in [0.4, 0.5) is 0 Å². The minimum absolute atomic E-state index is 0.173. The molecule has 2 nitrogen and oxygen atoms in total. The number of rotatable bonds is 11. The van der Waals surface area contributed by atoms with Crippen LogP contribution in [0, 0.1) is 11.8 Å². The van der Waals surface area contributed by atoms with Crippen molar-refractivity contribution < 1.29 is 9.84 Å². The Morgan fingerprint density at radius 3 is 1.86 bits per heavy atom. The molecule has 0 saturated heterocycles. The minimum Gasteiger partial charge on any atom is -0.494 e. The van der Waals surface area contributed by atoms with Crippen molar-refractivity contribution in [3.05, 3.63) is 54.1 Å². The summed E-state index contributed by atoms with van der Waals surface area (Å²) in [5.41, 5.74) is 5.13. The predicted molar refractivity (Wildman–Crippen MR) is 157 cm³/mol. The molecule has 0 aromatic heterocycles. The molecule has 0 aliphatic heterocycles. The summed E-state index contributed by atoms with van der Waals surface area (Å²) in [6, 6.07) is 19.2. The van der Waals surface area contributed by atoms with Crippen LogP contribution in [0.2, 0.25) is 24.7 Å². The summed E-state index contributed by atoms with van der Waals surface area (Å²) >= 11 is 0. The number of hydrogen-bond donors (Lipinski definition) is 1. The van der Waals surface area contributed by atoms with Gasteiger partial charge < -0.3 is 9.84 Å². The normalized spacial score (nSPS) is 25.0. The Morgan fingerprint density at radius 2 is 1.31 bits per heavy atom. The van der Waals surface area contributed by atoms with Gasteiger partial charge in [0, 0.05) is 13.0 Å². The molecular weight excluding hydrogens is 456 g/mol. The number of aliphatic hydroxyl groups is 1. The van der Waals surface area contributed by atoms with Gasteiger partial charge in [-0.25, -0.2) is 0 Å². The third kappa shape index (κ3) is 7.25. The molecule has 0 heterocycles. The molecule has 36 heavy (non-hydrogen) atoms. The van der Waals surface area contributed by atoms with Crippen LogP contribution in [0.5, 0.6) is 5.75 Å².